The van der Waals surface area contributed by atoms with Gasteiger partial charge in [0.05, 0.1) is 6.54 Å². The minimum absolute atomic E-state index is 0.666. The van der Waals surface area contributed by atoms with Crippen LogP contribution in [0.5, 0.6) is 0 Å². The van der Waals surface area contributed by atoms with Crippen molar-refractivity contribution in [2.45, 2.75) is 37.8 Å². The molecular formula is C19H24ClNOSi. The summed E-state index contributed by atoms with van der Waals surface area (Å²) in [5.41, 5.74) is 2.72. The molecule has 0 spiro atoms. The molecule has 4 heteroatoms. The molecule has 0 aromatic heterocycles. The van der Waals surface area contributed by atoms with Crippen molar-refractivity contribution < 1.29 is 5.11 Å². The first-order chi connectivity index (χ1) is 10.8. The fourth-order valence-electron chi connectivity index (χ4n) is 3.61. The molecule has 0 amide bonds. The van der Waals surface area contributed by atoms with Gasteiger partial charge in [0, 0.05) is 30.9 Å². The lowest BCUT2D eigenvalue weighted by Crippen LogP contribution is -2.39. The summed E-state index contributed by atoms with van der Waals surface area (Å²) in [5.74, 6) is 0. The monoisotopic (exact) mass is 345 g/mol. The highest BCUT2D eigenvalue weighted by atomic mass is 35.5. The van der Waals surface area contributed by atoms with E-state index in [1.54, 1.807) is 0 Å². The van der Waals surface area contributed by atoms with Gasteiger partial charge in [-0.1, -0.05) is 61.6 Å². The van der Waals surface area contributed by atoms with E-state index in [0.717, 1.165) is 28.9 Å². The van der Waals surface area contributed by atoms with Crippen LogP contribution in [0.2, 0.25) is 30.7 Å². The molecule has 1 N–H and O–H groups in total. The Hall–Kier alpha value is -1.29. The second kappa shape index (κ2) is 5.97. The van der Waals surface area contributed by atoms with E-state index in [9.17, 15) is 5.11 Å². The van der Waals surface area contributed by atoms with E-state index < -0.39 is 13.7 Å². The molecule has 122 valence electrons. The highest BCUT2D eigenvalue weighted by Gasteiger charge is 2.43. The molecule has 0 radical (unpaired) electrons. The summed E-state index contributed by atoms with van der Waals surface area (Å²) in [4.78, 5) is 2.29. The molecule has 2 nitrogen and oxygen atoms in total. The number of aliphatic hydroxyl groups is 1. The van der Waals surface area contributed by atoms with Gasteiger partial charge in [-0.05, 0) is 29.8 Å². The number of β-amino-alcohol motifs (C(OH)–C–C–N with tert-alkyl or cyclic N) is 1. The largest absolute Gasteiger partial charge is 0.384 e. The second-order valence-electron chi connectivity index (χ2n) is 7.77. The summed E-state index contributed by atoms with van der Waals surface area (Å²) in [6.45, 7) is 8.40. The number of para-hydroxylation sites is 1. The van der Waals surface area contributed by atoms with Crippen LogP contribution in [-0.4, -0.2) is 19.7 Å². The maximum atomic E-state index is 11.3. The normalized spacial score (nSPS) is 20.7. The molecule has 0 fully saturated rings. The van der Waals surface area contributed by atoms with Gasteiger partial charge >= 0.3 is 0 Å². The van der Waals surface area contributed by atoms with Crippen LogP contribution in [0.4, 0.5) is 5.69 Å². The van der Waals surface area contributed by atoms with Gasteiger partial charge in [-0.3, -0.25) is 0 Å². The van der Waals surface area contributed by atoms with Crippen molar-refractivity contribution in [2.24, 2.45) is 0 Å². The van der Waals surface area contributed by atoms with Crippen LogP contribution >= 0.6 is 11.6 Å². The van der Waals surface area contributed by atoms with Crippen molar-refractivity contribution >= 4 is 25.4 Å². The number of nitrogens with zero attached hydrogens (tertiary/aromatic N) is 1. The highest BCUT2D eigenvalue weighted by Crippen LogP contribution is 2.44. The van der Waals surface area contributed by atoms with Crippen molar-refractivity contribution in [1.82, 2.24) is 0 Å². The first kappa shape index (κ1) is 16.6. The van der Waals surface area contributed by atoms with E-state index in [1.807, 2.05) is 24.3 Å². The van der Waals surface area contributed by atoms with Gasteiger partial charge in [-0.2, -0.15) is 0 Å². The summed E-state index contributed by atoms with van der Waals surface area (Å²) in [7, 11) is -1.39. The average Bonchev–Trinajstić information content (AvgIpc) is 2.73. The molecule has 2 aromatic carbocycles. The molecule has 23 heavy (non-hydrogen) atoms. The molecule has 1 unspecified atom stereocenters. The van der Waals surface area contributed by atoms with E-state index in [0.29, 0.717) is 6.54 Å². The minimum Gasteiger partial charge on any atom is -0.384 e. The van der Waals surface area contributed by atoms with Gasteiger partial charge in [0.2, 0.25) is 0 Å². The molecule has 3 rings (SSSR count). The van der Waals surface area contributed by atoms with Gasteiger partial charge in [0.25, 0.3) is 0 Å². The van der Waals surface area contributed by atoms with Gasteiger partial charge in [-0.15, -0.1) is 0 Å². The van der Waals surface area contributed by atoms with Crippen LogP contribution in [0.15, 0.2) is 48.5 Å². The van der Waals surface area contributed by atoms with Crippen molar-refractivity contribution in [1.29, 1.82) is 0 Å². The van der Waals surface area contributed by atoms with Crippen LogP contribution in [-0.2, 0) is 12.1 Å². The van der Waals surface area contributed by atoms with E-state index in [-0.39, 0.29) is 0 Å². The Bertz CT molecular complexity index is 695. The lowest BCUT2D eigenvalue weighted by atomic mass is 9.98. The third-order valence-corrected chi connectivity index (χ3v) is 6.21. The van der Waals surface area contributed by atoms with E-state index in [4.69, 9.17) is 11.6 Å². The van der Waals surface area contributed by atoms with Crippen LogP contribution in [0.25, 0.3) is 0 Å². The highest BCUT2D eigenvalue weighted by molar-refractivity contribution is 6.76. The molecule has 0 aliphatic carbocycles. The fourth-order valence-corrected chi connectivity index (χ4v) is 5.79. The quantitative estimate of drug-likeness (QED) is 0.798. The van der Waals surface area contributed by atoms with Crippen molar-refractivity contribution in [3.05, 3.63) is 64.7 Å². The summed E-state index contributed by atoms with van der Waals surface area (Å²) in [6, 6.07) is 17.1. The Labute approximate surface area is 144 Å². The van der Waals surface area contributed by atoms with Crippen molar-refractivity contribution in [3.63, 3.8) is 0 Å². The van der Waals surface area contributed by atoms with E-state index in [2.05, 4.69) is 48.8 Å². The third kappa shape index (κ3) is 3.63. The molecule has 1 atom stereocenters. The SMILES string of the molecule is C[Si](C)(C)CC1(O)CN(Cc2ccc(Cl)cc2)c2ccccc21. The minimum atomic E-state index is -1.39. The predicted octanol–water partition coefficient (Wildman–Crippen LogP) is 4.89. The number of fused-ring (bicyclic) bond motifs is 1. The maximum absolute atomic E-state index is 11.3. The third-order valence-electron chi connectivity index (χ3n) is 4.31. The number of hydrogen-bond acceptors (Lipinski definition) is 2. The molecule has 2 aromatic rings. The molecule has 1 aliphatic rings. The standard InChI is InChI=1S/C19H24ClNOSi/c1-23(2,3)14-19(22)13-21(18-7-5-4-6-17(18)19)12-15-8-10-16(20)11-9-15/h4-11,22H,12-14H2,1-3H3. The Kier molecular flexibility index (Phi) is 4.30. The zero-order valence-electron chi connectivity index (χ0n) is 14.0. The molecule has 0 saturated carbocycles. The lowest BCUT2D eigenvalue weighted by Gasteiger charge is -2.31. The summed E-state index contributed by atoms with van der Waals surface area (Å²) in [5, 5.41) is 12.1. The Morgan fingerprint density at radius 3 is 2.39 bits per heavy atom. The number of benzene rings is 2. The topological polar surface area (TPSA) is 23.5 Å². The summed E-state index contributed by atoms with van der Waals surface area (Å²) >= 11 is 5.98. The molecular weight excluding hydrogens is 322 g/mol. The van der Waals surface area contributed by atoms with Gasteiger partial charge in [0.1, 0.15) is 5.60 Å². The number of rotatable bonds is 4. The number of anilines is 1. The van der Waals surface area contributed by atoms with Crippen LogP contribution in [0, 0.1) is 0 Å². The molecule has 1 heterocycles. The van der Waals surface area contributed by atoms with E-state index >= 15 is 0 Å². The lowest BCUT2D eigenvalue weighted by molar-refractivity contribution is 0.0729. The summed E-state index contributed by atoms with van der Waals surface area (Å²) in [6.07, 6.45) is 0. The number of hydrogen-bond donors (Lipinski definition) is 1. The van der Waals surface area contributed by atoms with Crippen LogP contribution in [0.1, 0.15) is 11.1 Å². The average molecular weight is 346 g/mol. The molecule has 1 aliphatic heterocycles. The molecule has 0 saturated heterocycles. The van der Waals surface area contributed by atoms with Crippen molar-refractivity contribution in [2.75, 3.05) is 11.4 Å². The summed E-state index contributed by atoms with van der Waals surface area (Å²) < 4.78 is 0. The Morgan fingerprint density at radius 1 is 1.09 bits per heavy atom. The Balaban J connectivity index is 1.90. The smallest absolute Gasteiger partial charge is 0.107 e. The zero-order valence-corrected chi connectivity index (χ0v) is 15.8. The van der Waals surface area contributed by atoms with Crippen molar-refractivity contribution in [3.8, 4) is 0 Å². The van der Waals surface area contributed by atoms with Crippen LogP contribution < -0.4 is 4.90 Å². The first-order valence-corrected chi connectivity index (χ1v) is 12.2. The van der Waals surface area contributed by atoms with E-state index in [1.165, 1.54) is 5.56 Å². The van der Waals surface area contributed by atoms with Gasteiger partial charge < -0.3 is 10.0 Å². The second-order valence-corrected chi connectivity index (χ2v) is 13.7. The predicted molar refractivity (Wildman–Crippen MR) is 101 cm³/mol. The number of halogens is 1. The fraction of sp³-hybridized carbons (Fsp3) is 0.368. The van der Waals surface area contributed by atoms with Gasteiger partial charge in [0.15, 0.2) is 0 Å². The molecule has 0 bridgehead atoms. The zero-order chi connectivity index (χ0) is 16.7. The maximum Gasteiger partial charge on any atom is 0.107 e. The first-order valence-electron chi connectivity index (χ1n) is 8.08. The Morgan fingerprint density at radius 2 is 1.74 bits per heavy atom. The van der Waals surface area contributed by atoms with Crippen LogP contribution in [0.3, 0.4) is 0 Å². The van der Waals surface area contributed by atoms with Gasteiger partial charge in [-0.25, -0.2) is 0 Å².